The van der Waals surface area contributed by atoms with E-state index in [2.05, 4.69) is 43.7 Å². The molecule has 1 amide bonds. The number of nitrogens with zero attached hydrogens (tertiary/aromatic N) is 8. The van der Waals surface area contributed by atoms with E-state index in [0.29, 0.717) is 30.4 Å². The van der Waals surface area contributed by atoms with Gasteiger partial charge in [0.2, 0.25) is 5.95 Å². The van der Waals surface area contributed by atoms with Crippen molar-refractivity contribution < 1.29 is 4.79 Å². The second-order valence-electron chi connectivity index (χ2n) is 10.5. The fraction of sp³-hybridized carbons (Fsp3) is 0.300. The minimum atomic E-state index is -0.184. The zero-order valence-electron chi connectivity index (χ0n) is 23.5. The number of benzene rings is 1. The van der Waals surface area contributed by atoms with Crippen LogP contribution < -0.4 is 25.6 Å². The van der Waals surface area contributed by atoms with Gasteiger partial charge in [0.05, 0.1) is 23.3 Å². The van der Waals surface area contributed by atoms with E-state index in [1.54, 1.807) is 28.9 Å². The standard InChI is InChI=1S/C30H33N9O2/c1-5-26(40)39-16-15-38(23-8-6-7-20(2)27(23)39)24-17-21-18-32-30(34-28(21)36(4)29(24)41)33-22-9-10-25(31-19-22)37-13-11-35(3)12-14-37/h5-10,17-19H,1,11-16H2,2-4H3,(H,32,33,34). The number of piperazine rings is 1. The number of rotatable bonds is 5. The van der Waals surface area contributed by atoms with Crippen LogP contribution in [0.2, 0.25) is 0 Å². The van der Waals surface area contributed by atoms with Crippen molar-refractivity contribution in [1.82, 2.24) is 24.4 Å². The Hall–Kier alpha value is -4.77. The second-order valence-corrected chi connectivity index (χ2v) is 10.5. The average molecular weight is 552 g/mol. The van der Waals surface area contributed by atoms with Crippen molar-refractivity contribution in [1.29, 1.82) is 0 Å². The summed E-state index contributed by atoms with van der Waals surface area (Å²) in [6.45, 7) is 10.5. The molecule has 11 nitrogen and oxygen atoms in total. The highest BCUT2D eigenvalue weighted by atomic mass is 16.2. The molecule has 0 spiro atoms. The predicted octanol–water partition coefficient (Wildman–Crippen LogP) is 3.20. The SMILES string of the molecule is C=CC(=O)N1CCN(c2cc3cnc(Nc4ccc(N5CCN(C)CC5)nc4)nc3n(C)c2=O)c2cccc(C)c21. The third-order valence-corrected chi connectivity index (χ3v) is 7.82. The highest BCUT2D eigenvalue weighted by Crippen LogP contribution is 2.39. The number of nitrogens with one attached hydrogen (secondary N) is 1. The minimum Gasteiger partial charge on any atom is -0.354 e. The van der Waals surface area contributed by atoms with Crippen molar-refractivity contribution in [2.45, 2.75) is 6.92 Å². The summed E-state index contributed by atoms with van der Waals surface area (Å²) >= 11 is 0. The zero-order valence-corrected chi connectivity index (χ0v) is 23.5. The van der Waals surface area contributed by atoms with Crippen LogP contribution in [0.4, 0.5) is 34.5 Å². The van der Waals surface area contributed by atoms with E-state index in [1.807, 2.05) is 48.2 Å². The molecule has 1 saturated heterocycles. The largest absolute Gasteiger partial charge is 0.354 e. The third-order valence-electron chi connectivity index (χ3n) is 7.82. The molecule has 2 aliphatic rings. The Morgan fingerprint density at radius 2 is 1.78 bits per heavy atom. The summed E-state index contributed by atoms with van der Waals surface area (Å²) in [5.74, 6) is 1.17. The Balaban J connectivity index is 1.29. The number of pyridine rings is 2. The van der Waals surface area contributed by atoms with Crippen LogP contribution in [0.3, 0.4) is 0 Å². The van der Waals surface area contributed by atoms with Gasteiger partial charge in [0, 0.05) is 57.9 Å². The van der Waals surface area contributed by atoms with Crippen molar-refractivity contribution in [3.8, 4) is 0 Å². The lowest BCUT2D eigenvalue weighted by molar-refractivity contribution is -0.114. The van der Waals surface area contributed by atoms with Gasteiger partial charge in [-0.2, -0.15) is 4.98 Å². The number of para-hydroxylation sites is 1. The maximum atomic E-state index is 13.7. The normalized spacial score (nSPS) is 15.6. The molecule has 41 heavy (non-hydrogen) atoms. The molecule has 0 atom stereocenters. The van der Waals surface area contributed by atoms with Gasteiger partial charge in [-0.25, -0.2) is 9.97 Å². The van der Waals surface area contributed by atoms with E-state index in [0.717, 1.165) is 60.0 Å². The number of hydrogen-bond acceptors (Lipinski definition) is 9. The van der Waals surface area contributed by atoms with Crippen LogP contribution in [0, 0.1) is 6.92 Å². The monoisotopic (exact) mass is 551 g/mol. The maximum absolute atomic E-state index is 13.7. The third kappa shape index (κ3) is 4.89. The van der Waals surface area contributed by atoms with E-state index in [-0.39, 0.29) is 11.5 Å². The van der Waals surface area contributed by atoms with Crippen molar-refractivity contribution in [3.05, 3.63) is 77.4 Å². The first-order valence-electron chi connectivity index (χ1n) is 13.7. The number of aryl methyl sites for hydroxylation is 2. The van der Waals surface area contributed by atoms with Gasteiger partial charge < -0.3 is 24.9 Å². The summed E-state index contributed by atoms with van der Waals surface area (Å²) in [5, 5.41) is 3.95. The first-order chi connectivity index (χ1) is 19.8. The zero-order chi connectivity index (χ0) is 28.7. The molecule has 3 aromatic heterocycles. The molecule has 1 N–H and O–H groups in total. The lowest BCUT2D eigenvalue weighted by Gasteiger charge is -2.38. The molecule has 0 aliphatic carbocycles. The van der Waals surface area contributed by atoms with Crippen molar-refractivity contribution in [2.24, 2.45) is 7.05 Å². The Kier molecular flexibility index (Phi) is 6.88. The summed E-state index contributed by atoms with van der Waals surface area (Å²) in [6, 6.07) is 11.6. The van der Waals surface area contributed by atoms with E-state index in [4.69, 9.17) is 0 Å². The van der Waals surface area contributed by atoms with Gasteiger partial charge in [-0.15, -0.1) is 0 Å². The van der Waals surface area contributed by atoms with Gasteiger partial charge in [-0.1, -0.05) is 18.7 Å². The summed E-state index contributed by atoms with van der Waals surface area (Å²) in [7, 11) is 3.85. The van der Waals surface area contributed by atoms with Crippen LogP contribution in [0.1, 0.15) is 5.56 Å². The first-order valence-corrected chi connectivity index (χ1v) is 13.7. The van der Waals surface area contributed by atoms with E-state index in [1.165, 1.54) is 6.08 Å². The summed E-state index contributed by atoms with van der Waals surface area (Å²) in [5.41, 5.74) is 4.14. The topological polar surface area (TPSA) is 103 Å². The lowest BCUT2D eigenvalue weighted by Crippen LogP contribution is -2.44. The highest BCUT2D eigenvalue weighted by Gasteiger charge is 2.29. The highest BCUT2D eigenvalue weighted by molar-refractivity contribution is 6.05. The Bertz CT molecular complexity index is 1690. The quantitative estimate of drug-likeness (QED) is 0.375. The Morgan fingerprint density at radius 1 is 0.976 bits per heavy atom. The smallest absolute Gasteiger partial charge is 0.275 e. The van der Waals surface area contributed by atoms with E-state index >= 15 is 0 Å². The van der Waals surface area contributed by atoms with Crippen LogP contribution >= 0.6 is 0 Å². The second kappa shape index (κ2) is 10.7. The van der Waals surface area contributed by atoms with Crippen LogP contribution in [-0.2, 0) is 11.8 Å². The number of carbonyl (C=O) groups is 1. The van der Waals surface area contributed by atoms with Gasteiger partial charge >= 0.3 is 0 Å². The number of anilines is 6. The molecular formula is C30H33N9O2. The molecule has 0 bridgehead atoms. The first kappa shape index (κ1) is 26.5. The van der Waals surface area contributed by atoms with E-state index < -0.39 is 0 Å². The van der Waals surface area contributed by atoms with Crippen LogP contribution in [-0.4, -0.2) is 76.6 Å². The molecule has 11 heteroatoms. The number of fused-ring (bicyclic) bond motifs is 2. The molecule has 0 radical (unpaired) electrons. The van der Waals surface area contributed by atoms with Gasteiger partial charge in [0.25, 0.3) is 11.5 Å². The Labute approximate surface area is 238 Å². The molecule has 6 rings (SSSR count). The molecule has 1 aromatic carbocycles. The molecule has 210 valence electrons. The summed E-state index contributed by atoms with van der Waals surface area (Å²) in [6.07, 6.45) is 4.82. The van der Waals surface area contributed by atoms with Crippen LogP contribution in [0.5, 0.6) is 0 Å². The molecular weight excluding hydrogens is 518 g/mol. The number of carbonyl (C=O) groups excluding carboxylic acids is 1. The predicted molar refractivity (Wildman–Crippen MR) is 163 cm³/mol. The molecule has 0 saturated carbocycles. The maximum Gasteiger partial charge on any atom is 0.275 e. The van der Waals surface area contributed by atoms with Crippen molar-refractivity contribution in [3.63, 3.8) is 0 Å². The number of amides is 1. The molecule has 1 fully saturated rings. The fourth-order valence-electron chi connectivity index (χ4n) is 5.52. The number of hydrogen-bond donors (Lipinski definition) is 1. The van der Waals surface area contributed by atoms with Crippen molar-refractivity contribution in [2.75, 3.05) is 66.3 Å². The van der Waals surface area contributed by atoms with E-state index in [9.17, 15) is 9.59 Å². The molecule has 2 aliphatic heterocycles. The molecule has 5 heterocycles. The number of likely N-dealkylation sites (N-methyl/N-ethyl adjacent to an activating group) is 1. The van der Waals surface area contributed by atoms with Crippen LogP contribution in [0.25, 0.3) is 11.0 Å². The van der Waals surface area contributed by atoms with Crippen LogP contribution in [0.15, 0.2) is 66.2 Å². The van der Waals surface area contributed by atoms with Gasteiger partial charge in [0.1, 0.15) is 17.2 Å². The average Bonchev–Trinajstić information content (AvgIpc) is 2.99. The molecule has 4 aromatic rings. The van der Waals surface area contributed by atoms with Crippen molar-refractivity contribution >= 4 is 51.5 Å². The minimum absolute atomic E-state index is 0.163. The van der Waals surface area contributed by atoms with Gasteiger partial charge in [-0.3, -0.25) is 14.2 Å². The lowest BCUT2D eigenvalue weighted by atomic mass is 10.1. The summed E-state index contributed by atoms with van der Waals surface area (Å²) < 4.78 is 1.54. The van der Waals surface area contributed by atoms with Gasteiger partial charge in [0.15, 0.2) is 0 Å². The van der Waals surface area contributed by atoms with Gasteiger partial charge in [-0.05, 0) is 49.9 Å². The Morgan fingerprint density at radius 3 is 2.51 bits per heavy atom. The fourth-order valence-corrected chi connectivity index (χ4v) is 5.52. The number of aromatic nitrogens is 4. The summed E-state index contributed by atoms with van der Waals surface area (Å²) in [4.78, 5) is 48.3. The molecule has 0 unspecified atom stereocenters.